The topological polar surface area (TPSA) is 61.1 Å². The van der Waals surface area contributed by atoms with Gasteiger partial charge in [-0.2, -0.15) is 0 Å². The van der Waals surface area contributed by atoms with Crippen molar-refractivity contribution in [2.75, 3.05) is 39.3 Å². The Labute approximate surface area is 154 Å². The van der Waals surface area contributed by atoms with Gasteiger partial charge in [-0.25, -0.2) is 0 Å². The van der Waals surface area contributed by atoms with Crippen LogP contribution < -0.4 is 5.32 Å². The first-order valence-electron chi connectivity index (χ1n) is 9.18. The molecule has 1 N–H and O–H groups in total. The first-order valence-corrected chi connectivity index (χ1v) is 9.18. The van der Waals surface area contributed by atoms with Crippen molar-refractivity contribution in [3.05, 3.63) is 60.1 Å². The molecule has 1 aromatic heterocycles. The first kappa shape index (κ1) is 18.0. The van der Waals surface area contributed by atoms with E-state index in [0.717, 1.165) is 38.6 Å². The molecule has 1 saturated heterocycles. The van der Waals surface area contributed by atoms with E-state index in [4.69, 9.17) is 9.41 Å². The zero-order valence-electron chi connectivity index (χ0n) is 15.2. The number of carbonyl (C=O) groups excluding carboxylic acids is 1. The lowest BCUT2D eigenvalue weighted by Crippen LogP contribution is -2.53. The number of furan rings is 1. The summed E-state index contributed by atoms with van der Waals surface area (Å²) in [4.78, 5) is 21.2. The Bertz CT molecular complexity index is 705. The molecule has 1 fully saturated rings. The summed E-state index contributed by atoms with van der Waals surface area (Å²) in [6.07, 6.45) is 2.46. The van der Waals surface area contributed by atoms with E-state index in [1.807, 2.05) is 11.0 Å². The molecule has 2 heterocycles. The van der Waals surface area contributed by atoms with Crippen LogP contribution in [0, 0.1) is 0 Å². The number of nitrogens with one attached hydrogen (secondary N) is 1. The van der Waals surface area contributed by atoms with Gasteiger partial charge in [0.2, 0.25) is 0 Å². The van der Waals surface area contributed by atoms with Crippen LogP contribution >= 0.6 is 0 Å². The predicted octanol–water partition coefficient (Wildman–Crippen LogP) is 2.25. The largest absolute Gasteiger partial charge is 0.459 e. The third-order valence-electron chi connectivity index (χ3n) is 4.44. The quantitative estimate of drug-likeness (QED) is 0.661. The summed E-state index contributed by atoms with van der Waals surface area (Å²) in [7, 11) is 0. The van der Waals surface area contributed by atoms with Crippen molar-refractivity contribution in [3.63, 3.8) is 0 Å². The number of carbonyl (C=O) groups is 1. The highest BCUT2D eigenvalue weighted by Gasteiger charge is 2.25. The summed E-state index contributed by atoms with van der Waals surface area (Å²) in [5.41, 5.74) is 1.29. The zero-order valence-corrected chi connectivity index (χ0v) is 15.2. The van der Waals surface area contributed by atoms with E-state index in [1.54, 1.807) is 12.1 Å². The van der Waals surface area contributed by atoms with E-state index in [2.05, 4.69) is 41.4 Å². The van der Waals surface area contributed by atoms with Gasteiger partial charge in [0, 0.05) is 39.3 Å². The molecule has 0 radical (unpaired) electrons. The Hall–Kier alpha value is -2.76. The van der Waals surface area contributed by atoms with Gasteiger partial charge in [0.05, 0.1) is 6.26 Å². The lowest BCUT2D eigenvalue weighted by molar-refractivity contribution is 0.0657. The Balaban J connectivity index is 1.54. The fourth-order valence-corrected chi connectivity index (χ4v) is 3.04. The van der Waals surface area contributed by atoms with Crippen molar-refractivity contribution < 1.29 is 9.21 Å². The summed E-state index contributed by atoms with van der Waals surface area (Å²) in [5.74, 6) is 1.29. The molecule has 6 heteroatoms. The highest BCUT2D eigenvalue weighted by molar-refractivity contribution is 5.91. The molecule has 3 rings (SSSR count). The Morgan fingerprint density at radius 3 is 2.46 bits per heavy atom. The lowest BCUT2D eigenvalue weighted by Gasteiger charge is -2.36. The van der Waals surface area contributed by atoms with Crippen LogP contribution in [0.3, 0.4) is 0 Å². The van der Waals surface area contributed by atoms with Crippen molar-refractivity contribution in [2.24, 2.45) is 4.99 Å². The number of nitrogens with zero attached hydrogens (tertiary/aromatic N) is 3. The van der Waals surface area contributed by atoms with Gasteiger partial charge in [-0.1, -0.05) is 30.3 Å². The van der Waals surface area contributed by atoms with Crippen LogP contribution in [0.1, 0.15) is 23.0 Å². The van der Waals surface area contributed by atoms with Crippen molar-refractivity contribution >= 4 is 11.9 Å². The van der Waals surface area contributed by atoms with Crippen molar-refractivity contribution in [1.29, 1.82) is 0 Å². The molecule has 0 atom stereocenters. The van der Waals surface area contributed by atoms with Gasteiger partial charge in [-0.15, -0.1) is 0 Å². The van der Waals surface area contributed by atoms with E-state index in [9.17, 15) is 4.79 Å². The fourth-order valence-electron chi connectivity index (χ4n) is 3.04. The summed E-state index contributed by atoms with van der Waals surface area (Å²) < 4.78 is 5.22. The molecule has 1 aliphatic heterocycles. The average Bonchev–Trinajstić information content (AvgIpc) is 3.23. The normalized spacial score (nSPS) is 15.2. The lowest BCUT2D eigenvalue weighted by atomic mass is 10.2. The van der Waals surface area contributed by atoms with Crippen LogP contribution in [0.4, 0.5) is 0 Å². The molecule has 26 heavy (non-hydrogen) atoms. The second kappa shape index (κ2) is 9.08. The van der Waals surface area contributed by atoms with Crippen LogP contribution in [0.15, 0.2) is 58.1 Å². The summed E-state index contributed by atoms with van der Waals surface area (Å²) in [6, 6.07) is 13.8. The number of hydrogen-bond donors (Lipinski definition) is 1. The van der Waals surface area contributed by atoms with Crippen molar-refractivity contribution in [3.8, 4) is 0 Å². The monoisotopic (exact) mass is 354 g/mol. The standard InChI is InChI=1S/C20H26N4O2/c1-2-21-20(22-11-10-17-7-4-3-5-8-17)24-14-12-23(13-15-24)19(25)18-9-6-16-26-18/h3-9,16H,2,10-15H2,1H3,(H,21,22). The Morgan fingerprint density at radius 1 is 1.08 bits per heavy atom. The fraction of sp³-hybridized carbons (Fsp3) is 0.400. The first-order chi connectivity index (χ1) is 12.8. The average molecular weight is 354 g/mol. The van der Waals surface area contributed by atoms with Crippen LogP contribution in [-0.2, 0) is 6.42 Å². The number of piperazine rings is 1. The van der Waals surface area contributed by atoms with Gasteiger partial charge in [0.15, 0.2) is 11.7 Å². The van der Waals surface area contributed by atoms with E-state index in [0.29, 0.717) is 18.8 Å². The minimum Gasteiger partial charge on any atom is -0.459 e. The second-order valence-electron chi connectivity index (χ2n) is 6.23. The molecule has 1 aromatic carbocycles. The molecule has 1 amide bonds. The van der Waals surface area contributed by atoms with Gasteiger partial charge in [0.1, 0.15) is 0 Å². The molecule has 0 bridgehead atoms. The van der Waals surface area contributed by atoms with Gasteiger partial charge in [-0.3, -0.25) is 9.79 Å². The van der Waals surface area contributed by atoms with E-state index in [-0.39, 0.29) is 5.91 Å². The van der Waals surface area contributed by atoms with Crippen molar-refractivity contribution in [2.45, 2.75) is 13.3 Å². The van der Waals surface area contributed by atoms with E-state index >= 15 is 0 Å². The Kier molecular flexibility index (Phi) is 6.30. The summed E-state index contributed by atoms with van der Waals surface area (Å²) in [6.45, 7) is 6.52. The highest BCUT2D eigenvalue weighted by atomic mass is 16.3. The van der Waals surface area contributed by atoms with E-state index in [1.165, 1.54) is 11.8 Å². The molecule has 1 aliphatic rings. The molecule has 6 nitrogen and oxygen atoms in total. The molecular formula is C20H26N4O2. The molecule has 0 spiro atoms. The maximum atomic E-state index is 12.4. The minimum absolute atomic E-state index is 0.0410. The summed E-state index contributed by atoms with van der Waals surface area (Å²) in [5, 5.41) is 3.36. The molecule has 2 aromatic rings. The third kappa shape index (κ3) is 4.65. The summed E-state index contributed by atoms with van der Waals surface area (Å²) >= 11 is 0. The van der Waals surface area contributed by atoms with Crippen LogP contribution in [0.5, 0.6) is 0 Å². The van der Waals surface area contributed by atoms with Gasteiger partial charge < -0.3 is 19.5 Å². The highest BCUT2D eigenvalue weighted by Crippen LogP contribution is 2.10. The number of aliphatic imine (C=N–C) groups is 1. The maximum Gasteiger partial charge on any atom is 0.289 e. The van der Waals surface area contributed by atoms with Crippen LogP contribution in [0.25, 0.3) is 0 Å². The molecular weight excluding hydrogens is 328 g/mol. The smallest absolute Gasteiger partial charge is 0.289 e. The number of amides is 1. The number of rotatable bonds is 5. The van der Waals surface area contributed by atoms with Gasteiger partial charge >= 0.3 is 0 Å². The molecule has 0 aliphatic carbocycles. The third-order valence-corrected chi connectivity index (χ3v) is 4.44. The van der Waals surface area contributed by atoms with E-state index < -0.39 is 0 Å². The number of hydrogen-bond acceptors (Lipinski definition) is 3. The molecule has 0 unspecified atom stereocenters. The molecule has 138 valence electrons. The minimum atomic E-state index is -0.0410. The number of benzene rings is 1. The molecule has 0 saturated carbocycles. The second-order valence-corrected chi connectivity index (χ2v) is 6.23. The maximum absolute atomic E-state index is 12.4. The van der Waals surface area contributed by atoms with Gasteiger partial charge in [-0.05, 0) is 31.0 Å². The van der Waals surface area contributed by atoms with Crippen LogP contribution in [0.2, 0.25) is 0 Å². The zero-order chi connectivity index (χ0) is 18.2. The van der Waals surface area contributed by atoms with Gasteiger partial charge in [0.25, 0.3) is 5.91 Å². The van der Waals surface area contributed by atoms with Crippen molar-refractivity contribution in [1.82, 2.24) is 15.1 Å². The number of guanidine groups is 1. The van der Waals surface area contributed by atoms with Crippen LogP contribution in [-0.4, -0.2) is 60.9 Å². The Morgan fingerprint density at radius 2 is 1.81 bits per heavy atom. The SMILES string of the molecule is CCNC(=NCCc1ccccc1)N1CCN(C(=O)c2ccco2)CC1. The predicted molar refractivity (Wildman–Crippen MR) is 102 cm³/mol.